The Kier molecular flexibility index (Phi) is 10.3. The van der Waals surface area contributed by atoms with Crippen LogP contribution in [-0.4, -0.2) is 60.3 Å². The van der Waals surface area contributed by atoms with E-state index < -0.39 is 6.10 Å². The number of piperazine rings is 1. The van der Waals surface area contributed by atoms with Crippen molar-refractivity contribution in [2.75, 3.05) is 37.6 Å². The molecule has 7 heteroatoms. The second-order valence-corrected chi connectivity index (χ2v) is 6.93. The van der Waals surface area contributed by atoms with Crippen LogP contribution < -0.4 is 4.90 Å². The van der Waals surface area contributed by atoms with Gasteiger partial charge >= 0.3 is 0 Å². The number of hydrogen-bond donors (Lipinski definition) is 2. The second-order valence-electron chi connectivity index (χ2n) is 6.93. The van der Waals surface area contributed by atoms with E-state index in [1.165, 1.54) is 11.9 Å². The lowest BCUT2D eigenvalue weighted by molar-refractivity contribution is 0.109. The smallest absolute Gasteiger partial charge is 0.0736 e. The molecular weight excluding hydrogens is 397 g/mol. The molecule has 0 bridgehead atoms. The van der Waals surface area contributed by atoms with E-state index in [4.69, 9.17) is 5.21 Å². The first-order chi connectivity index (χ1) is 12.7. The van der Waals surface area contributed by atoms with Gasteiger partial charge in [0.15, 0.2) is 0 Å². The highest BCUT2D eigenvalue weighted by atomic mass is 35.5. The van der Waals surface area contributed by atoms with Gasteiger partial charge in [0.05, 0.1) is 12.3 Å². The van der Waals surface area contributed by atoms with Crippen molar-refractivity contribution >= 4 is 36.7 Å². The number of anilines is 1. The summed E-state index contributed by atoms with van der Waals surface area (Å²) in [6.07, 6.45) is 1.55. The van der Waals surface area contributed by atoms with Gasteiger partial charge in [0.1, 0.15) is 0 Å². The van der Waals surface area contributed by atoms with Crippen LogP contribution in [0.3, 0.4) is 0 Å². The molecule has 28 heavy (non-hydrogen) atoms. The third-order valence-corrected chi connectivity index (χ3v) is 4.91. The quantitative estimate of drug-likeness (QED) is 0.423. The number of benzene rings is 2. The Balaban J connectivity index is 0.00000196. The van der Waals surface area contributed by atoms with Crippen molar-refractivity contribution in [1.29, 1.82) is 0 Å². The lowest BCUT2D eigenvalue weighted by Crippen LogP contribution is -2.48. The predicted octanol–water partition coefficient (Wildman–Crippen LogP) is 3.37. The summed E-state index contributed by atoms with van der Waals surface area (Å²) in [7, 11) is 0. The highest BCUT2D eigenvalue weighted by molar-refractivity contribution is 5.85. The summed E-state index contributed by atoms with van der Waals surface area (Å²) in [5.74, 6) is 0. The van der Waals surface area contributed by atoms with Crippen LogP contribution in [-0.2, 0) is 6.42 Å². The third-order valence-electron chi connectivity index (χ3n) is 4.91. The number of aliphatic hydroxyl groups is 1. The molecule has 0 saturated carbocycles. The van der Waals surface area contributed by atoms with Crippen LogP contribution in [0.25, 0.3) is 0 Å². The molecule has 1 aliphatic rings. The van der Waals surface area contributed by atoms with Crippen LogP contribution in [0.2, 0.25) is 0 Å². The summed E-state index contributed by atoms with van der Waals surface area (Å²) in [6.45, 7) is 6.54. The SMILES string of the molecule is Cc1ccc(C=NO)c(CC(O)CN2CCN(c3ccccc3)CC2)c1.Cl.Cl. The average molecular weight is 426 g/mol. The Hall–Kier alpha value is -1.79. The van der Waals surface area contributed by atoms with Crippen molar-refractivity contribution in [2.45, 2.75) is 19.4 Å². The van der Waals surface area contributed by atoms with Crippen molar-refractivity contribution < 1.29 is 10.3 Å². The fraction of sp³-hybridized carbons (Fsp3) is 0.381. The zero-order valence-electron chi connectivity index (χ0n) is 16.1. The molecule has 3 rings (SSSR count). The Labute approximate surface area is 179 Å². The maximum atomic E-state index is 10.6. The summed E-state index contributed by atoms with van der Waals surface area (Å²) < 4.78 is 0. The zero-order chi connectivity index (χ0) is 18.4. The molecule has 1 atom stereocenters. The van der Waals surface area contributed by atoms with Gasteiger partial charge in [0.2, 0.25) is 0 Å². The van der Waals surface area contributed by atoms with Crippen LogP contribution in [0.5, 0.6) is 0 Å². The first kappa shape index (κ1) is 24.2. The topological polar surface area (TPSA) is 59.3 Å². The standard InChI is InChI=1S/C21H27N3O2.2ClH/c1-17-7-8-18(15-22-26)19(13-17)14-21(25)16-23-9-11-24(12-10-23)20-5-3-2-4-6-20;;/h2-8,13,15,21,25-26H,9-12,14,16H2,1H3;2*1H. The summed E-state index contributed by atoms with van der Waals surface area (Å²) in [4.78, 5) is 4.71. The van der Waals surface area contributed by atoms with E-state index in [0.717, 1.165) is 42.9 Å². The number of para-hydroxylation sites is 1. The minimum Gasteiger partial charge on any atom is -0.411 e. The van der Waals surface area contributed by atoms with E-state index in [-0.39, 0.29) is 24.8 Å². The Morgan fingerprint density at radius 3 is 2.36 bits per heavy atom. The molecule has 1 fully saturated rings. The Morgan fingerprint density at radius 2 is 1.71 bits per heavy atom. The van der Waals surface area contributed by atoms with Crippen molar-refractivity contribution in [3.63, 3.8) is 0 Å². The van der Waals surface area contributed by atoms with Gasteiger partial charge in [-0.3, -0.25) is 4.90 Å². The maximum absolute atomic E-state index is 10.6. The summed E-state index contributed by atoms with van der Waals surface area (Å²) in [6, 6.07) is 16.4. The van der Waals surface area contributed by atoms with E-state index in [1.54, 1.807) is 0 Å². The number of nitrogens with zero attached hydrogens (tertiary/aromatic N) is 3. The van der Waals surface area contributed by atoms with Crippen molar-refractivity contribution in [3.8, 4) is 0 Å². The van der Waals surface area contributed by atoms with E-state index in [0.29, 0.717) is 13.0 Å². The lowest BCUT2D eigenvalue weighted by Gasteiger charge is -2.37. The number of oxime groups is 1. The summed E-state index contributed by atoms with van der Waals surface area (Å²) in [5.41, 5.74) is 4.27. The Bertz CT molecular complexity index is 736. The van der Waals surface area contributed by atoms with Crippen LogP contribution in [0.1, 0.15) is 16.7 Å². The molecular formula is C21H29Cl2N3O2. The van der Waals surface area contributed by atoms with Crippen LogP contribution in [0, 0.1) is 6.92 Å². The third kappa shape index (κ3) is 6.67. The van der Waals surface area contributed by atoms with Gasteiger partial charge in [0, 0.05) is 44.8 Å². The maximum Gasteiger partial charge on any atom is 0.0736 e. The van der Waals surface area contributed by atoms with Crippen molar-refractivity contribution in [3.05, 3.63) is 65.2 Å². The largest absolute Gasteiger partial charge is 0.411 e. The van der Waals surface area contributed by atoms with E-state index in [1.807, 2.05) is 31.2 Å². The molecule has 2 aromatic rings. The fourth-order valence-electron chi connectivity index (χ4n) is 3.54. The van der Waals surface area contributed by atoms with Crippen molar-refractivity contribution in [1.82, 2.24) is 4.90 Å². The molecule has 2 aromatic carbocycles. The second kappa shape index (κ2) is 11.9. The molecule has 0 radical (unpaired) electrons. The number of halogens is 2. The number of aliphatic hydroxyl groups excluding tert-OH is 1. The van der Waals surface area contributed by atoms with Gasteiger partial charge in [-0.2, -0.15) is 0 Å². The molecule has 1 heterocycles. The Morgan fingerprint density at radius 1 is 1.04 bits per heavy atom. The molecule has 0 spiro atoms. The molecule has 5 nitrogen and oxygen atoms in total. The van der Waals surface area contributed by atoms with Crippen LogP contribution in [0.15, 0.2) is 53.7 Å². The van der Waals surface area contributed by atoms with Gasteiger partial charge in [-0.25, -0.2) is 0 Å². The summed E-state index contributed by atoms with van der Waals surface area (Å²) >= 11 is 0. The van der Waals surface area contributed by atoms with Crippen LogP contribution >= 0.6 is 24.8 Å². The molecule has 1 saturated heterocycles. The normalized spacial score (nSPS) is 15.7. The highest BCUT2D eigenvalue weighted by Crippen LogP contribution is 2.17. The van der Waals surface area contributed by atoms with E-state index in [2.05, 4.69) is 39.2 Å². The lowest BCUT2D eigenvalue weighted by atomic mass is 9.99. The molecule has 1 aliphatic heterocycles. The molecule has 0 amide bonds. The molecule has 2 N–H and O–H groups in total. The zero-order valence-corrected chi connectivity index (χ0v) is 17.7. The molecule has 1 unspecified atom stereocenters. The number of rotatable bonds is 6. The van der Waals surface area contributed by atoms with Gasteiger partial charge in [-0.1, -0.05) is 47.1 Å². The van der Waals surface area contributed by atoms with Crippen LogP contribution in [0.4, 0.5) is 5.69 Å². The highest BCUT2D eigenvalue weighted by Gasteiger charge is 2.20. The first-order valence-corrected chi connectivity index (χ1v) is 9.13. The first-order valence-electron chi connectivity index (χ1n) is 9.13. The minimum absolute atomic E-state index is 0. The monoisotopic (exact) mass is 425 g/mol. The van der Waals surface area contributed by atoms with Gasteiger partial charge < -0.3 is 15.2 Å². The average Bonchev–Trinajstić information content (AvgIpc) is 2.65. The van der Waals surface area contributed by atoms with Gasteiger partial charge in [-0.05, 0) is 30.2 Å². The van der Waals surface area contributed by atoms with Gasteiger partial charge in [-0.15, -0.1) is 24.8 Å². The van der Waals surface area contributed by atoms with E-state index in [9.17, 15) is 5.11 Å². The predicted molar refractivity (Wildman–Crippen MR) is 120 cm³/mol. The number of hydrogen-bond acceptors (Lipinski definition) is 5. The van der Waals surface area contributed by atoms with E-state index >= 15 is 0 Å². The minimum atomic E-state index is -0.439. The molecule has 0 aromatic heterocycles. The number of β-amino-alcohol motifs (C(OH)–C–C–N with tert-alkyl or cyclic N) is 1. The van der Waals surface area contributed by atoms with Gasteiger partial charge in [0.25, 0.3) is 0 Å². The molecule has 0 aliphatic carbocycles. The van der Waals surface area contributed by atoms with Crippen molar-refractivity contribution in [2.24, 2.45) is 5.16 Å². The number of aryl methyl sites for hydroxylation is 1. The summed E-state index contributed by atoms with van der Waals surface area (Å²) in [5, 5.41) is 22.5. The molecule has 154 valence electrons. The fourth-order valence-corrected chi connectivity index (χ4v) is 3.54.